The molecule has 3 heterocycles. The molecule has 9 heteroatoms. The Morgan fingerprint density at radius 3 is 2.61 bits per heavy atom. The summed E-state index contributed by atoms with van der Waals surface area (Å²) in [5.74, 6) is 1.67. The van der Waals surface area contributed by atoms with Gasteiger partial charge in [0.05, 0.1) is 16.4 Å². The molecular weight excluding hydrogens is 459 g/mol. The van der Waals surface area contributed by atoms with E-state index in [9.17, 15) is 4.79 Å². The number of aromatic nitrogens is 4. The van der Waals surface area contributed by atoms with Crippen LogP contribution in [0.15, 0.2) is 29.3 Å². The topological polar surface area (TPSA) is 78.8 Å². The van der Waals surface area contributed by atoms with Gasteiger partial charge in [0.15, 0.2) is 11.2 Å². The number of nitrogens with zero attached hydrogens (tertiary/aromatic N) is 4. The molecule has 1 aliphatic carbocycles. The predicted octanol–water partition coefficient (Wildman–Crippen LogP) is 4.94. The summed E-state index contributed by atoms with van der Waals surface area (Å²) in [6.07, 6.45) is 9.56. The van der Waals surface area contributed by atoms with Crippen LogP contribution in [0, 0.1) is 11.8 Å². The second-order valence-electron chi connectivity index (χ2n) is 9.40. The SMILES string of the molecule is O=c1[nH]c(NCc2ccc(Cl)c(Cl)c2)nc2ncn(CC3CCCC3CN3CCCCC3)c12. The lowest BCUT2D eigenvalue weighted by atomic mass is 9.94. The highest BCUT2D eigenvalue weighted by molar-refractivity contribution is 6.42. The summed E-state index contributed by atoms with van der Waals surface area (Å²) in [6.45, 7) is 4.95. The third kappa shape index (κ3) is 5.20. The van der Waals surface area contributed by atoms with Crippen molar-refractivity contribution in [3.8, 4) is 0 Å². The number of hydrogen-bond donors (Lipinski definition) is 2. The first-order valence-electron chi connectivity index (χ1n) is 11.9. The fourth-order valence-corrected chi connectivity index (χ4v) is 5.68. The van der Waals surface area contributed by atoms with E-state index < -0.39 is 0 Å². The summed E-state index contributed by atoms with van der Waals surface area (Å²) < 4.78 is 2.00. The highest BCUT2D eigenvalue weighted by Gasteiger charge is 2.30. The molecule has 0 spiro atoms. The molecule has 176 valence electrons. The number of aromatic amines is 1. The quantitative estimate of drug-likeness (QED) is 0.492. The van der Waals surface area contributed by atoms with Crippen molar-refractivity contribution in [3.05, 3.63) is 50.5 Å². The zero-order chi connectivity index (χ0) is 22.8. The minimum atomic E-state index is -0.167. The van der Waals surface area contributed by atoms with Crippen molar-refractivity contribution in [2.45, 2.75) is 51.6 Å². The number of anilines is 1. The van der Waals surface area contributed by atoms with Gasteiger partial charge < -0.3 is 14.8 Å². The van der Waals surface area contributed by atoms with Gasteiger partial charge in [0.2, 0.25) is 5.95 Å². The summed E-state index contributed by atoms with van der Waals surface area (Å²) in [5.41, 5.74) is 1.80. The first-order valence-corrected chi connectivity index (χ1v) is 12.7. The van der Waals surface area contributed by atoms with Gasteiger partial charge in [-0.25, -0.2) is 4.98 Å². The molecule has 1 aliphatic heterocycles. The number of hydrogen-bond acceptors (Lipinski definition) is 5. The number of halogens is 2. The first-order chi connectivity index (χ1) is 16.1. The van der Waals surface area contributed by atoms with Crippen LogP contribution in [0.1, 0.15) is 44.1 Å². The zero-order valence-corrected chi connectivity index (χ0v) is 20.2. The van der Waals surface area contributed by atoms with Crippen LogP contribution in [0.25, 0.3) is 11.2 Å². The maximum absolute atomic E-state index is 12.9. The van der Waals surface area contributed by atoms with E-state index in [2.05, 4.69) is 25.2 Å². The summed E-state index contributed by atoms with van der Waals surface area (Å²) in [4.78, 5) is 27.4. The van der Waals surface area contributed by atoms with Crippen molar-refractivity contribution in [3.63, 3.8) is 0 Å². The number of nitrogens with one attached hydrogen (secondary N) is 2. The molecule has 2 aliphatic rings. The van der Waals surface area contributed by atoms with Crippen LogP contribution in [0.3, 0.4) is 0 Å². The average Bonchev–Trinajstić information content (AvgIpc) is 3.43. The lowest BCUT2D eigenvalue weighted by Gasteiger charge is -2.31. The number of rotatable bonds is 7. The molecule has 2 fully saturated rings. The van der Waals surface area contributed by atoms with Gasteiger partial charge in [0.25, 0.3) is 5.56 Å². The van der Waals surface area contributed by atoms with Crippen LogP contribution in [-0.2, 0) is 13.1 Å². The van der Waals surface area contributed by atoms with Crippen LogP contribution in [-0.4, -0.2) is 44.1 Å². The van der Waals surface area contributed by atoms with Crippen molar-refractivity contribution in [2.24, 2.45) is 11.8 Å². The number of fused-ring (bicyclic) bond motifs is 1. The summed E-state index contributed by atoms with van der Waals surface area (Å²) in [7, 11) is 0. The monoisotopic (exact) mass is 488 g/mol. The van der Waals surface area contributed by atoms with Gasteiger partial charge in [-0.3, -0.25) is 9.78 Å². The normalized spacial score (nSPS) is 21.6. The molecule has 2 aromatic heterocycles. The van der Waals surface area contributed by atoms with Crippen molar-refractivity contribution in [1.29, 1.82) is 0 Å². The fraction of sp³-hybridized carbons (Fsp3) is 0.542. The van der Waals surface area contributed by atoms with Gasteiger partial charge in [-0.1, -0.05) is 42.1 Å². The molecule has 2 atom stereocenters. The summed E-state index contributed by atoms with van der Waals surface area (Å²) >= 11 is 12.1. The number of imidazole rings is 1. The van der Waals surface area contributed by atoms with E-state index in [0.29, 0.717) is 45.5 Å². The van der Waals surface area contributed by atoms with Crippen molar-refractivity contribution < 1.29 is 0 Å². The van der Waals surface area contributed by atoms with E-state index in [0.717, 1.165) is 12.1 Å². The van der Waals surface area contributed by atoms with E-state index >= 15 is 0 Å². The second-order valence-corrected chi connectivity index (χ2v) is 10.2. The summed E-state index contributed by atoms with van der Waals surface area (Å²) in [6, 6.07) is 5.43. The molecule has 0 radical (unpaired) electrons. The molecular formula is C24H30Cl2N6O. The Labute approximate surface area is 203 Å². The molecule has 3 aromatic rings. The van der Waals surface area contributed by atoms with Crippen LogP contribution >= 0.6 is 23.2 Å². The van der Waals surface area contributed by atoms with E-state index in [1.54, 1.807) is 18.5 Å². The minimum Gasteiger partial charge on any atom is -0.352 e. The molecule has 2 N–H and O–H groups in total. The van der Waals surface area contributed by atoms with Gasteiger partial charge in [0.1, 0.15) is 0 Å². The number of H-pyrrole nitrogens is 1. The smallest absolute Gasteiger partial charge is 0.278 e. The van der Waals surface area contributed by atoms with Crippen molar-refractivity contribution >= 4 is 40.3 Å². The Morgan fingerprint density at radius 1 is 1.03 bits per heavy atom. The molecule has 33 heavy (non-hydrogen) atoms. The lowest BCUT2D eigenvalue weighted by molar-refractivity contribution is 0.171. The Kier molecular flexibility index (Phi) is 6.90. The van der Waals surface area contributed by atoms with Crippen molar-refractivity contribution in [2.75, 3.05) is 25.0 Å². The number of likely N-dealkylation sites (tertiary alicyclic amines) is 1. The Balaban J connectivity index is 1.27. The van der Waals surface area contributed by atoms with Gasteiger partial charge in [-0.15, -0.1) is 0 Å². The largest absolute Gasteiger partial charge is 0.352 e. The van der Waals surface area contributed by atoms with Gasteiger partial charge in [0, 0.05) is 19.6 Å². The zero-order valence-electron chi connectivity index (χ0n) is 18.7. The molecule has 0 bridgehead atoms. The standard InChI is InChI=1S/C24H30Cl2N6O/c25-19-8-7-16(11-20(19)26)12-27-24-29-22-21(23(33)30-24)32(15-28-22)14-18-6-4-5-17(18)13-31-9-2-1-3-10-31/h7-8,11,15,17-18H,1-6,9-10,12-14H2,(H2,27,29,30,33). The van der Waals surface area contributed by atoms with Crippen molar-refractivity contribution in [1.82, 2.24) is 24.4 Å². The molecule has 0 amide bonds. The Hall–Kier alpha value is -2.09. The average molecular weight is 489 g/mol. The van der Waals surface area contributed by atoms with Crippen LogP contribution in [0.4, 0.5) is 5.95 Å². The second kappa shape index (κ2) is 10.0. The van der Waals surface area contributed by atoms with Gasteiger partial charge in [-0.05, 0) is 68.3 Å². The van der Waals surface area contributed by atoms with Crippen LogP contribution in [0.2, 0.25) is 10.0 Å². The highest BCUT2D eigenvalue weighted by Crippen LogP contribution is 2.34. The highest BCUT2D eigenvalue weighted by atomic mass is 35.5. The van der Waals surface area contributed by atoms with Crippen LogP contribution in [0.5, 0.6) is 0 Å². The Morgan fingerprint density at radius 2 is 1.82 bits per heavy atom. The van der Waals surface area contributed by atoms with E-state index in [-0.39, 0.29) is 5.56 Å². The van der Waals surface area contributed by atoms with Gasteiger partial charge >= 0.3 is 0 Å². The maximum atomic E-state index is 12.9. The Bertz CT molecular complexity index is 1170. The summed E-state index contributed by atoms with van der Waals surface area (Å²) in [5, 5.41) is 4.16. The molecule has 7 nitrogen and oxygen atoms in total. The third-order valence-electron chi connectivity index (χ3n) is 7.12. The predicted molar refractivity (Wildman–Crippen MR) is 133 cm³/mol. The van der Waals surface area contributed by atoms with E-state index in [4.69, 9.17) is 23.2 Å². The number of piperidine rings is 1. The molecule has 1 saturated heterocycles. The van der Waals surface area contributed by atoms with E-state index in [1.165, 1.54) is 58.2 Å². The maximum Gasteiger partial charge on any atom is 0.278 e. The third-order valence-corrected chi connectivity index (χ3v) is 7.86. The lowest BCUT2D eigenvalue weighted by Crippen LogP contribution is -2.36. The van der Waals surface area contributed by atoms with Gasteiger partial charge in [-0.2, -0.15) is 4.98 Å². The fourth-order valence-electron chi connectivity index (χ4n) is 5.36. The first kappa shape index (κ1) is 22.7. The number of benzene rings is 1. The molecule has 5 rings (SSSR count). The molecule has 1 saturated carbocycles. The van der Waals surface area contributed by atoms with E-state index in [1.807, 2.05) is 10.6 Å². The van der Waals surface area contributed by atoms with Crippen LogP contribution < -0.4 is 10.9 Å². The molecule has 2 unspecified atom stereocenters. The minimum absolute atomic E-state index is 0.167. The molecule has 1 aromatic carbocycles.